The summed E-state index contributed by atoms with van der Waals surface area (Å²) < 4.78 is 59.3. The van der Waals surface area contributed by atoms with Crippen molar-refractivity contribution in [2.24, 2.45) is 0 Å². The van der Waals surface area contributed by atoms with Gasteiger partial charge in [0.05, 0.1) is 12.2 Å². The van der Waals surface area contributed by atoms with Crippen LogP contribution in [-0.4, -0.2) is 42.1 Å². The lowest BCUT2D eigenvalue weighted by molar-refractivity contribution is 0.123. The van der Waals surface area contributed by atoms with Gasteiger partial charge in [0.25, 0.3) is 0 Å². The SMILES string of the molecule is Cc1ccc(OC2CCCN(S(=O)(=O)c3cc(F)ccc3F)C2)nn1. The van der Waals surface area contributed by atoms with Gasteiger partial charge in [0.15, 0.2) is 0 Å². The van der Waals surface area contributed by atoms with Crippen LogP contribution in [0.5, 0.6) is 5.88 Å². The molecule has 1 atom stereocenters. The summed E-state index contributed by atoms with van der Waals surface area (Å²) in [4.78, 5) is -0.664. The van der Waals surface area contributed by atoms with Gasteiger partial charge in [0.1, 0.15) is 22.6 Å². The van der Waals surface area contributed by atoms with Crippen LogP contribution in [0.2, 0.25) is 0 Å². The molecule has 1 unspecified atom stereocenters. The number of benzene rings is 1. The maximum atomic E-state index is 13.9. The Kier molecular flexibility index (Phi) is 4.96. The predicted octanol–water partition coefficient (Wildman–Crippen LogP) is 2.30. The first-order chi connectivity index (χ1) is 11.9. The van der Waals surface area contributed by atoms with E-state index in [4.69, 9.17) is 4.74 Å². The smallest absolute Gasteiger partial charge is 0.246 e. The van der Waals surface area contributed by atoms with Crippen LogP contribution >= 0.6 is 0 Å². The Morgan fingerprint density at radius 2 is 2.00 bits per heavy atom. The average Bonchev–Trinajstić information content (AvgIpc) is 2.59. The number of hydrogen-bond acceptors (Lipinski definition) is 5. The number of sulfonamides is 1. The van der Waals surface area contributed by atoms with Crippen LogP contribution in [0.3, 0.4) is 0 Å². The molecule has 2 heterocycles. The summed E-state index contributed by atoms with van der Waals surface area (Å²) >= 11 is 0. The molecule has 25 heavy (non-hydrogen) atoms. The summed E-state index contributed by atoms with van der Waals surface area (Å²) in [5, 5.41) is 7.78. The van der Waals surface area contributed by atoms with Crippen LogP contribution < -0.4 is 4.74 Å². The fourth-order valence-corrected chi connectivity index (χ4v) is 4.24. The molecule has 1 saturated heterocycles. The number of ether oxygens (including phenoxy) is 1. The van der Waals surface area contributed by atoms with Crippen molar-refractivity contribution in [3.63, 3.8) is 0 Å². The highest BCUT2D eigenvalue weighted by molar-refractivity contribution is 7.89. The lowest BCUT2D eigenvalue weighted by atomic mass is 10.1. The third kappa shape index (κ3) is 3.93. The maximum absolute atomic E-state index is 13.9. The minimum atomic E-state index is -4.14. The molecule has 1 aliphatic rings. The van der Waals surface area contributed by atoms with E-state index < -0.39 is 32.7 Å². The molecule has 1 fully saturated rings. The molecule has 1 aromatic heterocycles. The van der Waals surface area contributed by atoms with Gasteiger partial charge >= 0.3 is 0 Å². The van der Waals surface area contributed by atoms with Crippen LogP contribution in [0.25, 0.3) is 0 Å². The van der Waals surface area contributed by atoms with Crippen LogP contribution in [-0.2, 0) is 10.0 Å². The zero-order valence-electron chi connectivity index (χ0n) is 13.5. The molecule has 2 aromatic rings. The standard InChI is InChI=1S/C16H17F2N3O3S/c1-11-4-7-16(20-19-11)24-13-3-2-8-21(10-13)25(22,23)15-9-12(17)5-6-14(15)18/h4-7,9,13H,2-3,8,10H2,1H3. The van der Waals surface area contributed by atoms with Gasteiger partial charge in [0, 0.05) is 12.6 Å². The molecule has 0 bridgehead atoms. The average molecular weight is 369 g/mol. The van der Waals surface area contributed by atoms with Crippen molar-refractivity contribution < 1.29 is 21.9 Å². The highest BCUT2D eigenvalue weighted by Crippen LogP contribution is 2.25. The van der Waals surface area contributed by atoms with Crippen molar-refractivity contribution >= 4 is 10.0 Å². The van der Waals surface area contributed by atoms with Gasteiger partial charge in [-0.05, 0) is 44.0 Å². The zero-order chi connectivity index (χ0) is 18.0. The van der Waals surface area contributed by atoms with Crippen molar-refractivity contribution in [2.45, 2.75) is 30.8 Å². The van der Waals surface area contributed by atoms with E-state index in [-0.39, 0.29) is 13.1 Å². The van der Waals surface area contributed by atoms with Crippen LogP contribution in [0.1, 0.15) is 18.5 Å². The minimum absolute atomic E-state index is 0.0356. The first-order valence-corrected chi connectivity index (χ1v) is 9.22. The van der Waals surface area contributed by atoms with Crippen LogP contribution in [0.4, 0.5) is 8.78 Å². The Labute approximate surface area is 144 Å². The predicted molar refractivity (Wildman–Crippen MR) is 85.5 cm³/mol. The number of nitrogens with zero attached hydrogens (tertiary/aromatic N) is 3. The molecule has 3 rings (SSSR count). The van der Waals surface area contributed by atoms with Crippen molar-refractivity contribution in [1.82, 2.24) is 14.5 Å². The molecule has 134 valence electrons. The lowest BCUT2D eigenvalue weighted by Crippen LogP contribution is -2.44. The number of halogens is 2. The molecule has 0 aliphatic carbocycles. The second kappa shape index (κ2) is 7.01. The molecule has 0 spiro atoms. The van der Waals surface area contributed by atoms with E-state index in [0.29, 0.717) is 24.8 Å². The van der Waals surface area contributed by atoms with Gasteiger partial charge in [-0.15, -0.1) is 5.10 Å². The Morgan fingerprint density at radius 3 is 2.72 bits per heavy atom. The summed E-state index contributed by atoms with van der Waals surface area (Å²) in [6, 6.07) is 5.78. The Bertz CT molecular complexity index is 859. The van der Waals surface area contributed by atoms with E-state index in [2.05, 4.69) is 10.2 Å². The molecule has 0 amide bonds. The molecule has 1 aromatic carbocycles. The van der Waals surface area contributed by atoms with E-state index in [1.54, 1.807) is 19.1 Å². The molecule has 9 heteroatoms. The maximum Gasteiger partial charge on any atom is 0.246 e. The Balaban J connectivity index is 1.78. The number of hydrogen-bond donors (Lipinski definition) is 0. The monoisotopic (exact) mass is 369 g/mol. The van der Waals surface area contributed by atoms with Crippen molar-refractivity contribution in [3.05, 3.63) is 47.7 Å². The number of aromatic nitrogens is 2. The van der Waals surface area contributed by atoms with Gasteiger partial charge in [-0.3, -0.25) is 0 Å². The topological polar surface area (TPSA) is 72.4 Å². The highest BCUT2D eigenvalue weighted by Gasteiger charge is 2.33. The lowest BCUT2D eigenvalue weighted by Gasteiger charge is -2.31. The second-order valence-electron chi connectivity index (χ2n) is 5.83. The quantitative estimate of drug-likeness (QED) is 0.827. The van der Waals surface area contributed by atoms with Crippen LogP contribution in [0, 0.1) is 18.6 Å². The molecule has 6 nitrogen and oxygen atoms in total. The molecule has 0 N–H and O–H groups in total. The van der Waals surface area contributed by atoms with Crippen LogP contribution in [0.15, 0.2) is 35.2 Å². The first kappa shape index (κ1) is 17.7. The number of rotatable bonds is 4. The third-order valence-electron chi connectivity index (χ3n) is 3.91. The third-order valence-corrected chi connectivity index (χ3v) is 5.79. The highest BCUT2D eigenvalue weighted by atomic mass is 32.2. The van der Waals surface area contributed by atoms with Crippen molar-refractivity contribution in [2.75, 3.05) is 13.1 Å². The van der Waals surface area contributed by atoms with Crippen molar-refractivity contribution in [3.8, 4) is 5.88 Å². The summed E-state index contributed by atoms with van der Waals surface area (Å²) in [6.07, 6.45) is 0.741. The zero-order valence-corrected chi connectivity index (χ0v) is 14.3. The van der Waals surface area contributed by atoms with E-state index in [0.717, 1.165) is 22.1 Å². The van der Waals surface area contributed by atoms with E-state index in [1.165, 1.54) is 0 Å². The van der Waals surface area contributed by atoms with Crippen molar-refractivity contribution in [1.29, 1.82) is 0 Å². The van der Waals surface area contributed by atoms with Gasteiger partial charge < -0.3 is 4.74 Å². The van der Waals surface area contributed by atoms with Gasteiger partial charge in [0.2, 0.25) is 15.9 Å². The van der Waals surface area contributed by atoms with Gasteiger partial charge in [-0.25, -0.2) is 17.2 Å². The normalized spacial score (nSPS) is 18.9. The second-order valence-corrected chi connectivity index (χ2v) is 7.74. The number of piperidine rings is 1. The van der Waals surface area contributed by atoms with E-state index in [9.17, 15) is 17.2 Å². The first-order valence-electron chi connectivity index (χ1n) is 7.78. The largest absolute Gasteiger partial charge is 0.472 e. The fraction of sp³-hybridized carbons (Fsp3) is 0.375. The number of aryl methyl sites for hydroxylation is 1. The molecular formula is C16H17F2N3O3S. The molecule has 0 saturated carbocycles. The minimum Gasteiger partial charge on any atom is -0.472 e. The summed E-state index contributed by atoms with van der Waals surface area (Å²) in [7, 11) is -4.14. The van der Waals surface area contributed by atoms with E-state index in [1.807, 2.05) is 0 Å². The van der Waals surface area contributed by atoms with E-state index >= 15 is 0 Å². The summed E-state index contributed by atoms with van der Waals surface area (Å²) in [6.45, 7) is 2.05. The Hall–Kier alpha value is -2.13. The fourth-order valence-electron chi connectivity index (χ4n) is 2.65. The van der Waals surface area contributed by atoms with Gasteiger partial charge in [-0.2, -0.15) is 9.40 Å². The molecular weight excluding hydrogens is 352 g/mol. The summed E-state index contributed by atoms with van der Waals surface area (Å²) in [5.74, 6) is -1.49. The summed E-state index contributed by atoms with van der Waals surface area (Å²) in [5.41, 5.74) is 0.738. The molecule has 1 aliphatic heterocycles. The molecule has 0 radical (unpaired) electrons. The Morgan fingerprint density at radius 1 is 1.20 bits per heavy atom. The van der Waals surface area contributed by atoms with Gasteiger partial charge in [-0.1, -0.05) is 0 Å².